The first-order chi connectivity index (χ1) is 19.2. The molecule has 1 amide bonds. The highest BCUT2D eigenvalue weighted by Gasteiger charge is 2.26. The van der Waals surface area contributed by atoms with Crippen LogP contribution in [0.3, 0.4) is 0 Å². The molecular weight excluding hydrogens is 518 g/mol. The lowest BCUT2D eigenvalue weighted by atomic mass is 10.1. The molecule has 2 aromatic heterocycles. The van der Waals surface area contributed by atoms with E-state index in [4.69, 9.17) is 4.74 Å². The Kier molecular flexibility index (Phi) is 7.60. The summed E-state index contributed by atoms with van der Waals surface area (Å²) in [5, 5.41) is 14.6. The Hall–Kier alpha value is -4.58. The van der Waals surface area contributed by atoms with Gasteiger partial charge in [0.05, 0.1) is 34.5 Å². The lowest BCUT2D eigenvalue weighted by molar-refractivity contribution is -0.111. The zero-order valence-corrected chi connectivity index (χ0v) is 22.4. The highest BCUT2D eigenvalue weighted by atomic mass is 19.3. The summed E-state index contributed by atoms with van der Waals surface area (Å²) in [5.41, 5.74) is 3.58. The first-order valence-corrected chi connectivity index (χ1v) is 12.8. The zero-order chi connectivity index (χ0) is 28.4. The van der Waals surface area contributed by atoms with Crippen LogP contribution in [-0.2, 0) is 11.8 Å². The molecule has 0 spiro atoms. The Morgan fingerprint density at radius 3 is 2.65 bits per heavy atom. The van der Waals surface area contributed by atoms with Crippen molar-refractivity contribution in [2.45, 2.75) is 32.5 Å². The van der Waals surface area contributed by atoms with Gasteiger partial charge in [0.15, 0.2) is 5.75 Å². The van der Waals surface area contributed by atoms with Gasteiger partial charge >= 0.3 is 6.61 Å². The quantitative estimate of drug-likeness (QED) is 0.272. The molecule has 5 rings (SSSR count). The number of hydrogen-bond acceptors (Lipinski definition) is 8. The van der Waals surface area contributed by atoms with Crippen molar-refractivity contribution >= 4 is 39.7 Å². The normalized spacial score (nSPS) is 17.2. The van der Waals surface area contributed by atoms with Gasteiger partial charge in [-0.3, -0.25) is 9.48 Å². The van der Waals surface area contributed by atoms with Crippen molar-refractivity contribution < 1.29 is 18.3 Å². The Labute approximate surface area is 230 Å². The molecule has 10 nitrogen and oxygen atoms in total. The number of rotatable bonds is 8. The third-order valence-corrected chi connectivity index (χ3v) is 6.63. The van der Waals surface area contributed by atoms with Gasteiger partial charge in [0.2, 0.25) is 5.91 Å². The number of hydrogen-bond donors (Lipinski definition) is 3. The summed E-state index contributed by atoms with van der Waals surface area (Å²) in [6.45, 7) is 5.77. The minimum atomic E-state index is -3.06. The number of halogens is 2. The number of carbonyl (C=O) groups is 1. The molecule has 0 saturated carbocycles. The first-order valence-electron chi connectivity index (χ1n) is 12.8. The van der Waals surface area contributed by atoms with Crippen LogP contribution in [0.1, 0.15) is 13.8 Å². The number of aromatic nitrogens is 4. The van der Waals surface area contributed by atoms with Crippen molar-refractivity contribution in [3.05, 3.63) is 61.6 Å². The van der Waals surface area contributed by atoms with Crippen molar-refractivity contribution in [3.63, 3.8) is 0 Å². The Morgan fingerprint density at radius 1 is 1.15 bits per heavy atom. The Morgan fingerprint density at radius 2 is 1.93 bits per heavy atom. The maximum absolute atomic E-state index is 13.5. The molecule has 4 aromatic rings. The summed E-state index contributed by atoms with van der Waals surface area (Å²) in [6, 6.07) is 10.9. The summed E-state index contributed by atoms with van der Waals surface area (Å²) >= 11 is 0. The summed E-state index contributed by atoms with van der Waals surface area (Å²) < 4.78 is 33.8. The van der Waals surface area contributed by atoms with Crippen LogP contribution in [0.5, 0.6) is 5.75 Å². The molecule has 40 heavy (non-hydrogen) atoms. The van der Waals surface area contributed by atoms with Crippen molar-refractivity contribution in [1.82, 2.24) is 25.1 Å². The largest absolute Gasteiger partial charge is 0.433 e. The third kappa shape index (κ3) is 5.86. The molecule has 3 N–H and O–H groups in total. The molecule has 0 aliphatic carbocycles. The molecule has 1 saturated heterocycles. The second-order valence-electron chi connectivity index (χ2n) is 9.77. The second-order valence-corrected chi connectivity index (χ2v) is 9.77. The van der Waals surface area contributed by atoms with E-state index in [1.807, 2.05) is 44.0 Å². The van der Waals surface area contributed by atoms with Gasteiger partial charge in [-0.2, -0.15) is 13.9 Å². The maximum Gasteiger partial charge on any atom is 0.387 e. The fourth-order valence-electron chi connectivity index (χ4n) is 4.95. The topological polar surface area (TPSA) is 109 Å². The number of carbonyl (C=O) groups excluding carboxylic acids is 1. The lowest BCUT2D eigenvalue weighted by Crippen LogP contribution is -2.54. The summed E-state index contributed by atoms with van der Waals surface area (Å²) in [6.07, 6.45) is 4.32. The van der Waals surface area contributed by atoms with Crippen LogP contribution in [-0.4, -0.2) is 57.4 Å². The van der Waals surface area contributed by atoms with E-state index in [9.17, 15) is 13.6 Å². The lowest BCUT2D eigenvalue weighted by Gasteiger charge is -2.38. The van der Waals surface area contributed by atoms with Gasteiger partial charge in [-0.1, -0.05) is 18.7 Å². The summed E-state index contributed by atoms with van der Waals surface area (Å²) in [7, 11) is 1.86. The zero-order valence-electron chi connectivity index (χ0n) is 22.4. The number of fused-ring (bicyclic) bond motifs is 1. The molecule has 2 atom stereocenters. The minimum absolute atomic E-state index is 0.0862. The van der Waals surface area contributed by atoms with Crippen LogP contribution < -0.4 is 25.6 Å². The summed E-state index contributed by atoms with van der Waals surface area (Å²) in [4.78, 5) is 23.0. The van der Waals surface area contributed by atoms with Gasteiger partial charge in [-0.05, 0) is 32.1 Å². The second kappa shape index (κ2) is 11.3. The summed E-state index contributed by atoms with van der Waals surface area (Å²) in [5.74, 6) is -0.162. The van der Waals surface area contributed by atoms with E-state index in [1.54, 1.807) is 23.0 Å². The average molecular weight is 549 g/mol. The van der Waals surface area contributed by atoms with Crippen molar-refractivity contribution in [2.75, 3.05) is 28.6 Å². The smallest absolute Gasteiger partial charge is 0.387 e. The SMILES string of the molecule is C=CC(=O)Nc1cc(Nc2cc(-c3ccc4cnn(C)c4c3)ncn2)c(OC(F)F)cc1N1C[C@@H](C)N[C@@H](C)C1. The van der Waals surface area contributed by atoms with Crippen molar-refractivity contribution in [1.29, 1.82) is 0 Å². The maximum atomic E-state index is 13.5. The van der Waals surface area contributed by atoms with E-state index in [-0.39, 0.29) is 23.5 Å². The molecule has 3 heterocycles. The minimum Gasteiger partial charge on any atom is -0.433 e. The van der Waals surface area contributed by atoms with Crippen LogP contribution in [0, 0.1) is 0 Å². The Balaban J connectivity index is 1.53. The fourth-order valence-corrected chi connectivity index (χ4v) is 4.95. The van der Waals surface area contributed by atoms with E-state index >= 15 is 0 Å². The molecule has 2 aromatic carbocycles. The molecule has 1 fully saturated rings. The van der Waals surface area contributed by atoms with Crippen LogP contribution >= 0.6 is 0 Å². The average Bonchev–Trinajstić information content (AvgIpc) is 3.29. The van der Waals surface area contributed by atoms with E-state index in [0.29, 0.717) is 36.0 Å². The number of anilines is 4. The number of aryl methyl sites for hydroxylation is 1. The van der Waals surface area contributed by atoms with Crippen LogP contribution in [0.15, 0.2) is 61.6 Å². The van der Waals surface area contributed by atoms with Gasteiger partial charge in [0, 0.05) is 55.3 Å². The van der Waals surface area contributed by atoms with E-state index < -0.39 is 12.5 Å². The number of amides is 1. The molecule has 208 valence electrons. The standard InChI is InChI=1S/C28H30F2N8O2/c1-5-27(39)36-21-9-22(25(40-28(29)30)11-24(21)38-13-16(2)34-17(3)14-38)35-26-10-20(31-15-32-26)18-6-7-19-12-33-37(4)23(19)8-18/h5-12,15-17,28,34H,1,13-14H2,2-4H3,(H,36,39)(H,31,32,35)/t16-,17+. The van der Waals surface area contributed by atoms with Crippen LogP contribution in [0.2, 0.25) is 0 Å². The van der Waals surface area contributed by atoms with Crippen LogP contribution in [0.25, 0.3) is 22.2 Å². The monoisotopic (exact) mass is 548 g/mol. The van der Waals surface area contributed by atoms with Gasteiger partial charge in [-0.15, -0.1) is 0 Å². The first kappa shape index (κ1) is 27.0. The number of benzene rings is 2. The molecule has 12 heteroatoms. The van der Waals surface area contributed by atoms with Gasteiger partial charge in [-0.25, -0.2) is 9.97 Å². The Bertz CT molecular complexity index is 1550. The molecule has 0 unspecified atom stereocenters. The molecule has 0 bridgehead atoms. The third-order valence-electron chi connectivity index (χ3n) is 6.63. The number of ether oxygens (including phenoxy) is 1. The predicted molar refractivity (Wildman–Crippen MR) is 151 cm³/mol. The van der Waals surface area contributed by atoms with E-state index in [1.165, 1.54) is 12.4 Å². The van der Waals surface area contributed by atoms with Crippen molar-refractivity contribution in [2.24, 2.45) is 7.05 Å². The molecule has 1 aliphatic heterocycles. The number of nitrogens with zero attached hydrogens (tertiary/aromatic N) is 5. The van der Waals surface area contributed by atoms with Gasteiger partial charge in [0.1, 0.15) is 12.1 Å². The van der Waals surface area contributed by atoms with Gasteiger partial charge in [0.25, 0.3) is 0 Å². The molecule has 0 radical (unpaired) electrons. The molecule has 1 aliphatic rings. The molecular formula is C28H30F2N8O2. The fraction of sp³-hybridized carbons (Fsp3) is 0.286. The van der Waals surface area contributed by atoms with E-state index in [2.05, 4.69) is 37.6 Å². The number of nitrogens with one attached hydrogen (secondary N) is 3. The predicted octanol–water partition coefficient (Wildman–Crippen LogP) is 4.69. The highest BCUT2D eigenvalue weighted by Crippen LogP contribution is 2.40. The highest BCUT2D eigenvalue weighted by molar-refractivity contribution is 6.02. The van der Waals surface area contributed by atoms with Crippen LogP contribution in [0.4, 0.5) is 31.7 Å². The number of alkyl halides is 2. The van der Waals surface area contributed by atoms with E-state index in [0.717, 1.165) is 22.5 Å². The van der Waals surface area contributed by atoms with Crippen molar-refractivity contribution in [3.8, 4) is 17.0 Å². The van der Waals surface area contributed by atoms with Gasteiger partial charge < -0.3 is 25.6 Å². The number of piperazine rings is 1.